The Bertz CT molecular complexity index is 591. The fraction of sp³-hybridized carbons (Fsp3) is 0.471. The van der Waals surface area contributed by atoms with E-state index in [0.717, 1.165) is 17.3 Å². The first-order valence-electron chi connectivity index (χ1n) is 7.61. The summed E-state index contributed by atoms with van der Waals surface area (Å²) in [7, 11) is 0. The third-order valence-electron chi connectivity index (χ3n) is 3.58. The molecule has 4 nitrogen and oxygen atoms in total. The standard InChI is InChI=1S/C17H23N3O/c1-17(2,3)19-16-11-12-18-20(16)13-7-9-15(10-8-13)21-14-5-4-6-14/h7-12,14,19H,4-6H2,1-3H3. The molecule has 1 aliphatic carbocycles. The lowest BCUT2D eigenvalue weighted by Gasteiger charge is -2.26. The zero-order chi connectivity index (χ0) is 14.9. The van der Waals surface area contributed by atoms with Gasteiger partial charge in [-0.3, -0.25) is 0 Å². The maximum absolute atomic E-state index is 5.89. The molecule has 1 aromatic carbocycles. The summed E-state index contributed by atoms with van der Waals surface area (Å²) in [4.78, 5) is 0. The molecule has 0 saturated heterocycles. The number of rotatable bonds is 4. The normalized spacial score (nSPS) is 15.6. The van der Waals surface area contributed by atoms with Gasteiger partial charge >= 0.3 is 0 Å². The molecule has 3 rings (SSSR count). The van der Waals surface area contributed by atoms with Crippen LogP contribution in [0.5, 0.6) is 5.75 Å². The molecule has 1 heterocycles. The minimum absolute atomic E-state index is 0.00502. The van der Waals surface area contributed by atoms with Crippen molar-refractivity contribution in [2.24, 2.45) is 0 Å². The third kappa shape index (κ3) is 3.38. The minimum Gasteiger partial charge on any atom is -0.490 e. The van der Waals surface area contributed by atoms with E-state index in [0.29, 0.717) is 6.10 Å². The molecule has 0 atom stereocenters. The van der Waals surface area contributed by atoms with E-state index in [2.05, 4.69) is 43.3 Å². The second-order valence-corrected chi connectivity index (χ2v) is 6.67. The maximum Gasteiger partial charge on any atom is 0.130 e. The lowest BCUT2D eigenvalue weighted by Crippen LogP contribution is -2.27. The van der Waals surface area contributed by atoms with E-state index < -0.39 is 0 Å². The Kier molecular flexibility index (Phi) is 3.62. The van der Waals surface area contributed by atoms with Crippen molar-refractivity contribution in [2.45, 2.75) is 51.7 Å². The van der Waals surface area contributed by atoms with Crippen LogP contribution >= 0.6 is 0 Å². The molecule has 1 fully saturated rings. The van der Waals surface area contributed by atoms with Gasteiger partial charge in [0, 0.05) is 11.6 Å². The van der Waals surface area contributed by atoms with E-state index in [9.17, 15) is 0 Å². The Morgan fingerprint density at radius 1 is 1.14 bits per heavy atom. The molecule has 1 aliphatic rings. The van der Waals surface area contributed by atoms with Gasteiger partial charge in [0.15, 0.2) is 0 Å². The second kappa shape index (κ2) is 5.43. The zero-order valence-corrected chi connectivity index (χ0v) is 13.0. The molecule has 1 aromatic heterocycles. The van der Waals surface area contributed by atoms with Gasteiger partial charge in [0.05, 0.1) is 18.0 Å². The number of anilines is 1. The van der Waals surface area contributed by atoms with Crippen LogP contribution in [-0.4, -0.2) is 21.4 Å². The van der Waals surface area contributed by atoms with Gasteiger partial charge in [-0.15, -0.1) is 0 Å². The van der Waals surface area contributed by atoms with Crippen molar-refractivity contribution in [1.82, 2.24) is 9.78 Å². The Morgan fingerprint density at radius 3 is 2.43 bits per heavy atom. The minimum atomic E-state index is 0.00502. The molecule has 0 aliphatic heterocycles. The van der Waals surface area contributed by atoms with Crippen molar-refractivity contribution in [3.63, 3.8) is 0 Å². The molecule has 1 saturated carbocycles. The maximum atomic E-state index is 5.89. The van der Waals surface area contributed by atoms with Gasteiger partial charge < -0.3 is 10.1 Å². The van der Waals surface area contributed by atoms with Crippen molar-refractivity contribution in [3.8, 4) is 11.4 Å². The van der Waals surface area contributed by atoms with E-state index in [-0.39, 0.29) is 5.54 Å². The molecule has 4 heteroatoms. The predicted molar refractivity (Wildman–Crippen MR) is 85.2 cm³/mol. The number of ether oxygens (including phenoxy) is 1. The van der Waals surface area contributed by atoms with Gasteiger partial charge in [-0.05, 0) is 64.3 Å². The Labute approximate surface area is 126 Å². The van der Waals surface area contributed by atoms with Gasteiger partial charge in [0.2, 0.25) is 0 Å². The molecular formula is C17H23N3O. The molecular weight excluding hydrogens is 262 g/mol. The molecule has 2 aromatic rings. The fourth-order valence-electron chi connectivity index (χ4n) is 2.33. The highest BCUT2D eigenvalue weighted by Crippen LogP contribution is 2.26. The van der Waals surface area contributed by atoms with Crippen LogP contribution < -0.4 is 10.1 Å². The first kappa shape index (κ1) is 14.0. The highest BCUT2D eigenvalue weighted by molar-refractivity contribution is 5.47. The van der Waals surface area contributed by atoms with Gasteiger partial charge in [0.1, 0.15) is 11.6 Å². The van der Waals surface area contributed by atoms with Crippen molar-refractivity contribution >= 4 is 5.82 Å². The predicted octanol–water partition coefficient (Wildman–Crippen LogP) is 4.01. The average molecular weight is 285 g/mol. The SMILES string of the molecule is CC(C)(C)Nc1ccnn1-c1ccc(OC2CCC2)cc1. The molecule has 1 N–H and O–H groups in total. The van der Waals surface area contributed by atoms with Crippen molar-refractivity contribution in [3.05, 3.63) is 36.5 Å². The van der Waals surface area contributed by atoms with Crippen LogP contribution in [0.3, 0.4) is 0 Å². The lowest BCUT2D eigenvalue weighted by molar-refractivity contribution is 0.120. The van der Waals surface area contributed by atoms with Crippen LogP contribution in [0.4, 0.5) is 5.82 Å². The monoisotopic (exact) mass is 285 g/mol. The van der Waals surface area contributed by atoms with E-state index in [1.807, 2.05) is 29.1 Å². The summed E-state index contributed by atoms with van der Waals surface area (Å²) < 4.78 is 7.80. The molecule has 0 amide bonds. The molecule has 0 bridgehead atoms. The highest BCUT2D eigenvalue weighted by atomic mass is 16.5. The first-order chi connectivity index (χ1) is 10.0. The molecule has 0 radical (unpaired) electrons. The fourth-order valence-corrected chi connectivity index (χ4v) is 2.33. The van der Waals surface area contributed by atoms with E-state index in [1.165, 1.54) is 19.3 Å². The van der Waals surface area contributed by atoms with Crippen molar-refractivity contribution in [2.75, 3.05) is 5.32 Å². The topological polar surface area (TPSA) is 39.1 Å². The van der Waals surface area contributed by atoms with E-state index in [4.69, 9.17) is 4.74 Å². The summed E-state index contributed by atoms with van der Waals surface area (Å²) in [6.07, 6.45) is 5.88. The third-order valence-corrected chi connectivity index (χ3v) is 3.58. The second-order valence-electron chi connectivity index (χ2n) is 6.67. The van der Waals surface area contributed by atoms with E-state index in [1.54, 1.807) is 0 Å². The molecule has 0 spiro atoms. The Hall–Kier alpha value is -1.97. The van der Waals surface area contributed by atoms with Gasteiger partial charge in [-0.1, -0.05) is 0 Å². The van der Waals surface area contributed by atoms with Gasteiger partial charge in [-0.2, -0.15) is 5.10 Å². The van der Waals surface area contributed by atoms with Crippen LogP contribution in [0, 0.1) is 0 Å². The zero-order valence-electron chi connectivity index (χ0n) is 13.0. The summed E-state index contributed by atoms with van der Waals surface area (Å²) in [5, 5.41) is 7.86. The number of aromatic nitrogens is 2. The van der Waals surface area contributed by atoms with Crippen molar-refractivity contribution < 1.29 is 4.74 Å². The highest BCUT2D eigenvalue weighted by Gasteiger charge is 2.19. The summed E-state index contributed by atoms with van der Waals surface area (Å²) in [6, 6.07) is 10.1. The number of benzene rings is 1. The number of nitrogens with one attached hydrogen (secondary N) is 1. The lowest BCUT2D eigenvalue weighted by atomic mass is 9.96. The van der Waals surface area contributed by atoms with Crippen LogP contribution in [0.1, 0.15) is 40.0 Å². The van der Waals surface area contributed by atoms with E-state index >= 15 is 0 Å². The van der Waals surface area contributed by atoms with Crippen LogP contribution in [0.25, 0.3) is 5.69 Å². The number of nitrogens with zero attached hydrogens (tertiary/aromatic N) is 2. The number of hydrogen-bond donors (Lipinski definition) is 1. The average Bonchev–Trinajstić information content (AvgIpc) is 2.80. The van der Waals surface area contributed by atoms with Crippen LogP contribution in [-0.2, 0) is 0 Å². The van der Waals surface area contributed by atoms with Gasteiger partial charge in [-0.25, -0.2) is 4.68 Å². The quantitative estimate of drug-likeness (QED) is 0.922. The summed E-state index contributed by atoms with van der Waals surface area (Å²) in [6.45, 7) is 6.42. The molecule has 21 heavy (non-hydrogen) atoms. The summed E-state index contributed by atoms with van der Waals surface area (Å²) in [5.74, 6) is 1.94. The largest absolute Gasteiger partial charge is 0.490 e. The molecule has 0 unspecified atom stereocenters. The Balaban J connectivity index is 1.76. The number of hydrogen-bond acceptors (Lipinski definition) is 3. The smallest absolute Gasteiger partial charge is 0.130 e. The first-order valence-corrected chi connectivity index (χ1v) is 7.61. The Morgan fingerprint density at radius 2 is 1.86 bits per heavy atom. The van der Waals surface area contributed by atoms with Crippen molar-refractivity contribution in [1.29, 1.82) is 0 Å². The van der Waals surface area contributed by atoms with Gasteiger partial charge in [0.25, 0.3) is 0 Å². The van der Waals surface area contributed by atoms with Crippen LogP contribution in [0.15, 0.2) is 36.5 Å². The summed E-state index contributed by atoms with van der Waals surface area (Å²) in [5.41, 5.74) is 1.04. The van der Waals surface area contributed by atoms with Crippen LogP contribution in [0.2, 0.25) is 0 Å². The molecule has 112 valence electrons. The summed E-state index contributed by atoms with van der Waals surface area (Å²) >= 11 is 0.